The Morgan fingerprint density at radius 3 is 2.71 bits per heavy atom. The maximum atomic E-state index is 12.1. The lowest BCUT2D eigenvalue weighted by molar-refractivity contribution is -0.144. The van der Waals surface area contributed by atoms with Crippen LogP contribution in [0, 0.1) is 0 Å². The summed E-state index contributed by atoms with van der Waals surface area (Å²) in [4.78, 5) is 1.17. The van der Waals surface area contributed by atoms with Crippen molar-refractivity contribution < 1.29 is 13.2 Å². The lowest BCUT2D eigenvalue weighted by Gasteiger charge is -2.17. The van der Waals surface area contributed by atoms with Crippen molar-refractivity contribution in [3.8, 4) is 0 Å². The van der Waals surface area contributed by atoms with E-state index in [0.717, 1.165) is 18.0 Å². The summed E-state index contributed by atoms with van der Waals surface area (Å²) >= 11 is 1.17. The SMILES string of the molecule is CCCNc1snnc1CN(C)CC(F)(F)F. The Bertz CT molecular complexity index is 339. The highest BCUT2D eigenvalue weighted by Crippen LogP contribution is 2.21. The fourth-order valence-electron chi connectivity index (χ4n) is 1.30. The molecule has 1 aromatic heterocycles. The fraction of sp³-hybridized carbons (Fsp3) is 0.778. The van der Waals surface area contributed by atoms with Crippen LogP contribution in [0.3, 0.4) is 0 Å². The van der Waals surface area contributed by atoms with Crippen LogP contribution in [0.25, 0.3) is 0 Å². The Morgan fingerprint density at radius 2 is 2.12 bits per heavy atom. The van der Waals surface area contributed by atoms with Gasteiger partial charge in [-0.1, -0.05) is 11.4 Å². The molecule has 4 nitrogen and oxygen atoms in total. The van der Waals surface area contributed by atoms with Crippen LogP contribution in [0.2, 0.25) is 0 Å². The van der Waals surface area contributed by atoms with Crippen molar-refractivity contribution in [1.29, 1.82) is 0 Å². The van der Waals surface area contributed by atoms with Crippen molar-refractivity contribution in [2.75, 3.05) is 25.5 Å². The number of aromatic nitrogens is 2. The first-order valence-corrected chi connectivity index (χ1v) is 6.00. The van der Waals surface area contributed by atoms with Gasteiger partial charge in [-0.3, -0.25) is 4.90 Å². The average molecular weight is 268 g/mol. The molecule has 0 saturated carbocycles. The highest BCUT2D eigenvalue weighted by molar-refractivity contribution is 7.10. The Morgan fingerprint density at radius 1 is 1.41 bits per heavy atom. The minimum atomic E-state index is -4.19. The first-order valence-electron chi connectivity index (χ1n) is 5.22. The van der Waals surface area contributed by atoms with E-state index in [1.807, 2.05) is 6.92 Å². The largest absolute Gasteiger partial charge is 0.401 e. The summed E-state index contributed by atoms with van der Waals surface area (Å²) in [6.45, 7) is 1.97. The van der Waals surface area contributed by atoms with Gasteiger partial charge >= 0.3 is 6.18 Å². The molecule has 0 amide bonds. The smallest absolute Gasteiger partial charge is 0.374 e. The van der Waals surface area contributed by atoms with E-state index in [1.54, 1.807) is 0 Å². The van der Waals surface area contributed by atoms with E-state index >= 15 is 0 Å². The summed E-state index contributed by atoms with van der Waals surface area (Å²) in [5, 5.41) is 7.68. The van der Waals surface area contributed by atoms with Gasteiger partial charge in [0.05, 0.1) is 6.54 Å². The van der Waals surface area contributed by atoms with Crippen molar-refractivity contribution in [1.82, 2.24) is 14.5 Å². The normalized spacial score (nSPS) is 12.1. The van der Waals surface area contributed by atoms with Crippen LogP contribution in [0.4, 0.5) is 18.2 Å². The molecule has 98 valence electrons. The standard InChI is InChI=1S/C9H15F3N4S/c1-3-4-13-8-7(14-15-17-8)5-16(2)6-9(10,11)12/h13H,3-6H2,1-2H3. The van der Waals surface area contributed by atoms with E-state index in [1.165, 1.54) is 23.5 Å². The zero-order chi connectivity index (χ0) is 12.9. The van der Waals surface area contributed by atoms with Crippen LogP contribution in [0.15, 0.2) is 0 Å². The quantitative estimate of drug-likeness (QED) is 0.860. The van der Waals surface area contributed by atoms with E-state index in [4.69, 9.17) is 0 Å². The minimum Gasteiger partial charge on any atom is -0.374 e. The van der Waals surface area contributed by atoms with E-state index in [0.29, 0.717) is 5.69 Å². The van der Waals surface area contributed by atoms with Gasteiger partial charge < -0.3 is 5.32 Å². The molecule has 0 aliphatic carbocycles. The molecular weight excluding hydrogens is 253 g/mol. The summed E-state index contributed by atoms with van der Waals surface area (Å²) in [5.41, 5.74) is 0.565. The van der Waals surface area contributed by atoms with Crippen LogP contribution in [0.1, 0.15) is 19.0 Å². The molecule has 0 unspecified atom stereocenters. The number of halogens is 3. The lowest BCUT2D eigenvalue weighted by Crippen LogP contribution is -2.30. The fourth-order valence-corrected chi connectivity index (χ4v) is 1.90. The third-order valence-corrected chi connectivity index (χ3v) is 2.69. The molecule has 1 rings (SSSR count). The number of anilines is 1. The van der Waals surface area contributed by atoms with Gasteiger partial charge in [-0.25, -0.2) is 0 Å². The number of nitrogens with one attached hydrogen (secondary N) is 1. The Balaban J connectivity index is 2.53. The molecule has 0 aliphatic rings. The van der Waals surface area contributed by atoms with Gasteiger partial charge in [-0.05, 0) is 13.5 Å². The third-order valence-electron chi connectivity index (χ3n) is 1.96. The number of hydrogen-bond acceptors (Lipinski definition) is 5. The second-order valence-electron chi connectivity index (χ2n) is 3.76. The highest BCUT2D eigenvalue weighted by atomic mass is 32.1. The van der Waals surface area contributed by atoms with Crippen molar-refractivity contribution >= 4 is 16.5 Å². The number of alkyl halides is 3. The van der Waals surface area contributed by atoms with Crippen LogP contribution < -0.4 is 5.32 Å². The predicted molar refractivity (Wildman–Crippen MR) is 61.1 cm³/mol. The number of nitrogens with zero attached hydrogens (tertiary/aromatic N) is 3. The zero-order valence-electron chi connectivity index (χ0n) is 9.71. The Kier molecular flexibility index (Phi) is 5.13. The second-order valence-corrected chi connectivity index (χ2v) is 4.52. The summed E-state index contributed by atoms with van der Waals surface area (Å²) < 4.78 is 40.2. The molecular formula is C9H15F3N4S. The van der Waals surface area contributed by atoms with E-state index in [2.05, 4.69) is 14.9 Å². The van der Waals surface area contributed by atoms with Crippen LogP contribution >= 0.6 is 11.5 Å². The summed E-state index contributed by atoms with van der Waals surface area (Å²) in [7, 11) is 1.41. The second kappa shape index (κ2) is 6.15. The first kappa shape index (κ1) is 14.2. The zero-order valence-corrected chi connectivity index (χ0v) is 10.5. The molecule has 0 fully saturated rings. The van der Waals surface area contributed by atoms with Crippen LogP contribution in [0.5, 0.6) is 0 Å². The summed E-state index contributed by atoms with van der Waals surface area (Å²) in [5.74, 6) is 0. The van der Waals surface area contributed by atoms with Crippen LogP contribution in [-0.2, 0) is 6.54 Å². The molecule has 1 heterocycles. The molecule has 0 atom stereocenters. The van der Waals surface area contributed by atoms with Crippen LogP contribution in [-0.4, -0.2) is 40.8 Å². The van der Waals surface area contributed by atoms with Gasteiger partial charge in [-0.2, -0.15) is 13.2 Å². The molecule has 0 radical (unpaired) electrons. The van der Waals surface area contributed by atoms with Gasteiger partial charge in [0.1, 0.15) is 10.7 Å². The maximum absolute atomic E-state index is 12.1. The topological polar surface area (TPSA) is 41.1 Å². The van der Waals surface area contributed by atoms with Crippen molar-refractivity contribution in [2.45, 2.75) is 26.1 Å². The Hall–Kier alpha value is -0.890. The minimum absolute atomic E-state index is 0.141. The van der Waals surface area contributed by atoms with Gasteiger partial charge in [0, 0.05) is 24.6 Å². The summed E-state index contributed by atoms with van der Waals surface area (Å²) in [6.07, 6.45) is -3.25. The first-order chi connectivity index (χ1) is 7.92. The van der Waals surface area contributed by atoms with E-state index < -0.39 is 12.7 Å². The molecule has 0 aromatic carbocycles. The third kappa shape index (κ3) is 5.31. The average Bonchev–Trinajstić information content (AvgIpc) is 2.59. The van der Waals surface area contributed by atoms with Gasteiger partial charge in [0.2, 0.25) is 0 Å². The van der Waals surface area contributed by atoms with E-state index in [9.17, 15) is 13.2 Å². The molecule has 1 N–H and O–H groups in total. The van der Waals surface area contributed by atoms with Crippen molar-refractivity contribution in [2.24, 2.45) is 0 Å². The van der Waals surface area contributed by atoms with E-state index in [-0.39, 0.29) is 6.54 Å². The molecule has 0 bridgehead atoms. The monoisotopic (exact) mass is 268 g/mol. The molecule has 1 aromatic rings. The molecule has 8 heteroatoms. The molecule has 0 saturated heterocycles. The maximum Gasteiger partial charge on any atom is 0.401 e. The van der Waals surface area contributed by atoms with Crippen molar-refractivity contribution in [3.63, 3.8) is 0 Å². The van der Waals surface area contributed by atoms with Gasteiger partial charge in [0.15, 0.2) is 0 Å². The highest BCUT2D eigenvalue weighted by Gasteiger charge is 2.29. The van der Waals surface area contributed by atoms with Gasteiger partial charge in [0.25, 0.3) is 0 Å². The summed E-state index contributed by atoms with van der Waals surface area (Å²) in [6, 6.07) is 0. The predicted octanol–water partition coefficient (Wildman–Crippen LogP) is 2.35. The number of rotatable bonds is 6. The molecule has 17 heavy (non-hydrogen) atoms. The Labute approximate surface area is 102 Å². The van der Waals surface area contributed by atoms with Crippen molar-refractivity contribution in [3.05, 3.63) is 5.69 Å². The lowest BCUT2D eigenvalue weighted by atomic mass is 10.4. The molecule has 0 aliphatic heterocycles. The molecule has 0 spiro atoms. The van der Waals surface area contributed by atoms with Gasteiger partial charge in [-0.15, -0.1) is 5.10 Å². The number of hydrogen-bond donors (Lipinski definition) is 1.